The SMILES string of the molecule is O=C1OCCN1/C(=C/C(F)(F)F)c1cccs1. The number of carbonyl (C=O) groups is 1. The summed E-state index contributed by atoms with van der Waals surface area (Å²) in [5.41, 5.74) is -0.157. The molecule has 0 atom stereocenters. The van der Waals surface area contributed by atoms with Gasteiger partial charge in [0, 0.05) is 6.08 Å². The lowest BCUT2D eigenvalue weighted by atomic mass is 10.3. The zero-order valence-electron chi connectivity index (χ0n) is 8.53. The fourth-order valence-electron chi connectivity index (χ4n) is 1.47. The maximum Gasteiger partial charge on any atom is 0.414 e. The van der Waals surface area contributed by atoms with E-state index in [-0.39, 0.29) is 24.9 Å². The van der Waals surface area contributed by atoms with Gasteiger partial charge >= 0.3 is 12.3 Å². The predicted octanol–water partition coefficient (Wildman–Crippen LogP) is 3.10. The number of hydrogen-bond donors (Lipinski definition) is 0. The maximum atomic E-state index is 12.4. The molecule has 1 amide bonds. The number of carbonyl (C=O) groups excluding carboxylic acids is 1. The molecule has 1 fully saturated rings. The van der Waals surface area contributed by atoms with Gasteiger partial charge in [0.2, 0.25) is 0 Å². The Labute approximate surface area is 99.1 Å². The summed E-state index contributed by atoms with van der Waals surface area (Å²) in [6, 6.07) is 3.17. The third kappa shape index (κ3) is 2.79. The highest BCUT2D eigenvalue weighted by Crippen LogP contribution is 2.31. The van der Waals surface area contributed by atoms with Crippen molar-refractivity contribution in [3.63, 3.8) is 0 Å². The number of allylic oxidation sites excluding steroid dienone is 1. The van der Waals surface area contributed by atoms with Gasteiger partial charge in [0.15, 0.2) is 0 Å². The van der Waals surface area contributed by atoms with Crippen molar-refractivity contribution in [3.8, 4) is 0 Å². The number of thiophene rings is 1. The van der Waals surface area contributed by atoms with Crippen LogP contribution in [0.1, 0.15) is 4.88 Å². The first kappa shape index (κ1) is 12.0. The quantitative estimate of drug-likeness (QED) is 0.820. The second-order valence-electron chi connectivity index (χ2n) is 3.31. The summed E-state index contributed by atoms with van der Waals surface area (Å²) in [4.78, 5) is 12.7. The highest BCUT2D eigenvalue weighted by Gasteiger charge is 2.32. The molecule has 2 heterocycles. The number of alkyl halides is 3. The van der Waals surface area contributed by atoms with E-state index >= 15 is 0 Å². The van der Waals surface area contributed by atoms with Gasteiger partial charge in [-0.1, -0.05) is 6.07 Å². The van der Waals surface area contributed by atoms with Crippen LogP contribution in [0.3, 0.4) is 0 Å². The first-order valence-electron chi connectivity index (χ1n) is 4.75. The van der Waals surface area contributed by atoms with Crippen LogP contribution in [-0.2, 0) is 4.74 Å². The Morgan fingerprint density at radius 1 is 1.53 bits per heavy atom. The van der Waals surface area contributed by atoms with Crippen LogP contribution < -0.4 is 0 Å². The van der Waals surface area contributed by atoms with Gasteiger partial charge in [0.1, 0.15) is 6.61 Å². The Bertz CT molecular complexity index is 439. The van der Waals surface area contributed by atoms with Crippen LogP contribution >= 0.6 is 11.3 Å². The second-order valence-corrected chi connectivity index (χ2v) is 4.26. The van der Waals surface area contributed by atoms with Crippen molar-refractivity contribution in [2.24, 2.45) is 0 Å². The zero-order valence-corrected chi connectivity index (χ0v) is 9.35. The van der Waals surface area contributed by atoms with Gasteiger partial charge in [0.25, 0.3) is 0 Å². The third-order valence-corrected chi connectivity index (χ3v) is 3.02. The van der Waals surface area contributed by atoms with E-state index in [0.29, 0.717) is 4.88 Å². The van der Waals surface area contributed by atoms with Crippen molar-refractivity contribution in [1.82, 2.24) is 4.90 Å². The number of ether oxygens (including phenoxy) is 1. The van der Waals surface area contributed by atoms with Crippen LogP contribution in [0.15, 0.2) is 23.6 Å². The molecule has 2 rings (SSSR count). The lowest BCUT2D eigenvalue weighted by Gasteiger charge is -2.16. The number of halogens is 3. The minimum atomic E-state index is -4.47. The summed E-state index contributed by atoms with van der Waals surface area (Å²) < 4.78 is 41.9. The van der Waals surface area contributed by atoms with Crippen molar-refractivity contribution in [1.29, 1.82) is 0 Å². The minimum Gasteiger partial charge on any atom is -0.447 e. The summed E-state index contributed by atoms with van der Waals surface area (Å²) in [5.74, 6) is 0. The number of nitrogens with zero attached hydrogens (tertiary/aromatic N) is 1. The molecule has 1 aliphatic heterocycles. The first-order chi connectivity index (χ1) is 7.97. The lowest BCUT2D eigenvalue weighted by molar-refractivity contribution is -0.0797. The smallest absolute Gasteiger partial charge is 0.414 e. The summed E-state index contributed by atoms with van der Waals surface area (Å²) in [6.45, 7) is 0.248. The van der Waals surface area contributed by atoms with Crippen molar-refractivity contribution in [2.45, 2.75) is 6.18 Å². The normalized spacial score (nSPS) is 17.5. The average molecular weight is 263 g/mol. The molecule has 0 saturated carbocycles. The van der Waals surface area contributed by atoms with E-state index in [1.807, 2.05) is 0 Å². The second kappa shape index (κ2) is 4.40. The number of rotatable bonds is 2. The van der Waals surface area contributed by atoms with Gasteiger partial charge in [-0.15, -0.1) is 11.3 Å². The fraction of sp³-hybridized carbons (Fsp3) is 0.300. The van der Waals surface area contributed by atoms with E-state index in [0.717, 1.165) is 16.2 Å². The van der Waals surface area contributed by atoms with Gasteiger partial charge in [0.05, 0.1) is 17.1 Å². The first-order valence-corrected chi connectivity index (χ1v) is 5.63. The van der Waals surface area contributed by atoms with E-state index in [1.54, 1.807) is 11.4 Å². The summed E-state index contributed by atoms with van der Waals surface area (Å²) in [5, 5.41) is 1.65. The number of amides is 1. The lowest BCUT2D eigenvalue weighted by Crippen LogP contribution is -2.23. The van der Waals surface area contributed by atoms with Gasteiger partial charge in [-0.2, -0.15) is 13.2 Å². The molecule has 17 heavy (non-hydrogen) atoms. The van der Waals surface area contributed by atoms with Crippen molar-refractivity contribution >= 4 is 23.1 Å². The number of hydrogen-bond acceptors (Lipinski definition) is 3. The van der Waals surface area contributed by atoms with E-state index in [1.165, 1.54) is 6.07 Å². The Kier molecular flexibility index (Phi) is 3.10. The Balaban J connectivity index is 2.38. The Hall–Kier alpha value is -1.50. The molecular weight excluding hydrogens is 255 g/mol. The van der Waals surface area contributed by atoms with Gasteiger partial charge in [-0.3, -0.25) is 4.90 Å². The van der Waals surface area contributed by atoms with Crippen molar-refractivity contribution < 1.29 is 22.7 Å². The largest absolute Gasteiger partial charge is 0.447 e. The van der Waals surface area contributed by atoms with E-state index in [2.05, 4.69) is 4.74 Å². The topological polar surface area (TPSA) is 29.5 Å². The highest BCUT2D eigenvalue weighted by atomic mass is 32.1. The van der Waals surface area contributed by atoms with Crippen LogP contribution in [-0.4, -0.2) is 30.3 Å². The van der Waals surface area contributed by atoms with E-state index in [4.69, 9.17) is 0 Å². The highest BCUT2D eigenvalue weighted by molar-refractivity contribution is 7.11. The van der Waals surface area contributed by atoms with Crippen molar-refractivity contribution in [3.05, 3.63) is 28.5 Å². The van der Waals surface area contributed by atoms with Crippen LogP contribution in [0.25, 0.3) is 5.70 Å². The molecule has 92 valence electrons. The predicted molar refractivity (Wildman–Crippen MR) is 56.4 cm³/mol. The van der Waals surface area contributed by atoms with Crippen molar-refractivity contribution in [2.75, 3.05) is 13.2 Å². The van der Waals surface area contributed by atoms with Gasteiger partial charge in [-0.25, -0.2) is 4.79 Å². The minimum absolute atomic E-state index is 0.111. The molecule has 0 aliphatic carbocycles. The van der Waals surface area contributed by atoms with E-state index in [9.17, 15) is 18.0 Å². The van der Waals surface area contributed by atoms with Gasteiger partial charge < -0.3 is 4.74 Å². The van der Waals surface area contributed by atoms with Gasteiger partial charge in [-0.05, 0) is 11.4 Å². The standard InChI is InChI=1S/C10H8F3NO2S/c11-10(12,13)6-7(8-2-1-5-17-8)14-3-4-16-9(14)15/h1-2,5-6H,3-4H2/b7-6+. The molecular formula is C10H8F3NO2S. The summed E-state index contributed by atoms with van der Waals surface area (Å²) in [6.07, 6.45) is -5.08. The molecule has 1 aromatic heterocycles. The fourth-order valence-corrected chi connectivity index (χ4v) is 2.22. The maximum absolute atomic E-state index is 12.4. The molecule has 0 aromatic carbocycles. The third-order valence-electron chi connectivity index (χ3n) is 2.13. The molecule has 1 saturated heterocycles. The molecule has 0 N–H and O–H groups in total. The molecule has 0 radical (unpaired) electrons. The number of cyclic esters (lactones) is 1. The Morgan fingerprint density at radius 2 is 2.29 bits per heavy atom. The molecule has 7 heteroatoms. The molecule has 0 bridgehead atoms. The van der Waals surface area contributed by atoms with E-state index < -0.39 is 12.3 Å². The molecule has 1 aliphatic rings. The van der Waals surface area contributed by atoms with Crippen LogP contribution in [0.4, 0.5) is 18.0 Å². The average Bonchev–Trinajstić information content (AvgIpc) is 2.83. The Morgan fingerprint density at radius 3 is 2.76 bits per heavy atom. The molecule has 0 spiro atoms. The molecule has 0 unspecified atom stereocenters. The zero-order chi connectivity index (χ0) is 12.5. The van der Waals surface area contributed by atoms with Crippen LogP contribution in [0.2, 0.25) is 0 Å². The molecule has 1 aromatic rings. The summed E-state index contributed by atoms with van der Waals surface area (Å²) >= 11 is 1.14. The van der Waals surface area contributed by atoms with Crippen LogP contribution in [0.5, 0.6) is 0 Å². The van der Waals surface area contributed by atoms with Crippen LogP contribution in [0, 0.1) is 0 Å². The molecule has 3 nitrogen and oxygen atoms in total. The monoisotopic (exact) mass is 263 g/mol. The summed E-state index contributed by atoms with van der Waals surface area (Å²) in [7, 11) is 0.